The molecule has 0 bridgehead atoms. The van der Waals surface area contributed by atoms with E-state index in [1.54, 1.807) is 0 Å². The summed E-state index contributed by atoms with van der Waals surface area (Å²) in [6.07, 6.45) is 10.0. The van der Waals surface area contributed by atoms with Crippen molar-refractivity contribution in [2.75, 3.05) is 13.2 Å². The van der Waals surface area contributed by atoms with Gasteiger partial charge < -0.3 is 10.5 Å². The van der Waals surface area contributed by atoms with Crippen molar-refractivity contribution in [3.05, 3.63) is 28.3 Å². The van der Waals surface area contributed by atoms with Gasteiger partial charge in [0.05, 0.1) is 6.61 Å². The average molecular weight is 308 g/mol. The first kappa shape index (κ1) is 15.2. The third-order valence-corrected chi connectivity index (χ3v) is 5.00. The lowest BCUT2D eigenvalue weighted by atomic mass is 9.83. The van der Waals surface area contributed by atoms with Crippen molar-refractivity contribution in [2.24, 2.45) is 11.7 Å². The maximum atomic E-state index is 6.36. The van der Waals surface area contributed by atoms with Gasteiger partial charge in [0.1, 0.15) is 5.75 Å². The molecule has 2 fully saturated rings. The Morgan fingerprint density at radius 1 is 1.10 bits per heavy atom. The predicted octanol–water partition coefficient (Wildman–Crippen LogP) is 4.68. The Balaban J connectivity index is 1.88. The summed E-state index contributed by atoms with van der Waals surface area (Å²) >= 11 is 6.36. The van der Waals surface area contributed by atoms with Gasteiger partial charge in [0.15, 0.2) is 0 Å². The molecule has 2 aliphatic rings. The van der Waals surface area contributed by atoms with E-state index in [-0.39, 0.29) is 0 Å². The summed E-state index contributed by atoms with van der Waals surface area (Å²) < 4.78 is 6.24. The highest BCUT2D eigenvalue weighted by Gasteiger charge is 2.26. The number of halogens is 1. The fourth-order valence-electron chi connectivity index (χ4n) is 3.39. The van der Waals surface area contributed by atoms with Gasteiger partial charge in [0.2, 0.25) is 0 Å². The van der Waals surface area contributed by atoms with Crippen molar-refractivity contribution in [1.29, 1.82) is 0 Å². The molecule has 0 aliphatic heterocycles. The highest BCUT2D eigenvalue weighted by Crippen LogP contribution is 2.41. The molecule has 0 spiro atoms. The van der Waals surface area contributed by atoms with Gasteiger partial charge in [-0.3, -0.25) is 0 Å². The van der Waals surface area contributed by atoms with Crippen LogP contribution < -0.4 is 10.5 Å². The van der Waals surface area contributed by atoms with E-state index < -0.39 is 0 Å². The Kier molecular flexibility index (Phi) is 5.07. The number of nitrogens with two attached hydrogens (primary N) is 1. The Morgan fingerprint density at radius 3 is 2.52 bits per heavy atom. The first-order chi connectivity index (χ1) is 10.3. The second-order valence-electron chi connectivity index (χ2n) is 6.61. The van der Waals surface area contributed by atoms with Crippen LogP contribution in [-0.2, 0) is 6.42 Å². The predicted molar refractivity (Wildman–Crippen MR) is 88.3 cm³/mol. The van der Waals surface area contributed by atoms with Crippen molar-refractivity contribution >= 4 is 11.6 Å². The molecular weight excluding hydrogens is 282 g/mol. The summed E-state index contributed by atoms with van der Waals surface area (Å²) in [7, 11) is 0. The summed E-state index contributed by atoms with van der Waals surface area (Å²) in [5.74, 6) is 2.48. The molecular formula is C18H26ClNO. The lowest BCUT2D eigenvalue weighted by Gasteiger charge is -2.26. The van der Waals surface area contributed by atoms with Crippen molar-refractivity contribution in [2.45, 2.75) is 57.3 Å². The van der Waals surface area contributed by atoms with Gasteiger partial charge in [-0.05, 0) is 73.7 Å². The summed E-state index contributed by atoms with van der Waals surface area (Å²) in [5, 5.41) is 0.831. The normalized spacial score (nSPS) is 19.7. The lowest BCUT2D eigenvalue weighted by molar-refractivity contribution is 0.288. The van der Waals surface area contributed by atoms with Gasteiger partial charge in [-0.15, -0.1) is 0 Å². The molecule has 0 atom stereocenters. The van der Waals surface area contributed by atoms with E-state index in [4.69, 9.17) is 22.1 Å². The van der Waals surface area contributed by atoms with Gasteiger partial charge >= 0.3 is 0 Å². The molecule has 3 rings (SSSR count). The third-order valence-electron chi connectivity index (χ3n) is 4.78. The maximum absolute atomic E-state index is 6.36. The van der Waals surface area contributed by atoms with E-state index in [1.807, 2.05) is 6.07 Å². The maximum Gasteiger partial charge on any atom is 0.126 e. The first-order valence-corrected chi connectivity index (χ1v) is 8.81. The van der Waals surface area contributed by atoms with E-state index in [9.17, 15) is 0 Å². The SMILES string of the molecule is NCCc1cc(Cl)cc(C2CCCCC2)c1OCC1CC1. The molecule has 0 unspecified atom stereocenters. The zero-order valence-corrected chi connectivity index (χ0v) is 13.5. The molecule has 0 heterocycles. The van der Waals surface area contributed by atoms with Crippen molar-refractivity contribution < 1.29 is 4.74 Å². The summed E-state index contributed by atoms with van der Waals surface area (Å²) in [6, 6.07) is 4.18. The lowest BCUT2D eigenvalue weighted by Crippen LogP contribution is -2.12. The molecule has 2 aliphatic carbocycles. The molecule has 0 radical (unpaired) electrons. The Labute approximate surface area is 133 Å². The van der Waals surface area contributed by atoms with Crippen LogP contribution in [0.3, 0.4) is 0 Å². The average Bonchev–Trinajstić information content (AvgIpc) is 3.31. The van der Waals surface area contributed by atoms with Crippen LogP contribution in [0.4, 0.5) is 0 Å². The summed E-state index contributed by atoms with van der Waals surface area (Å²) in [4.78, 5) is 0. The molecule has 2 nitrogen and oxygen atoms in total. The highest BCUT2D eigenvalue weighted by atomic mass is 35.5. The van der Waals surface area contributed by atoms with Crippen LogP contribution >= 0.6 is 11.6 Å². The molecule has 1 aromatic rings. The molecule has 21 heavy (non-hydrogen) atoms. The highest BCUT2D eigenvalue weighted by molar-refractivity contribution is 6.30. The molecule has 0 amide bonds. The standard InChI is InChI=1S/C18H26ClNO/c19-16-10-15(8-9-20)18(21-12-13-6-7-13)17(11-16)14-4-2-1-3-5-14/h10-11,13-14H,1-9,12,20H2. The van der Waals surface area contributed by atoms with Gasteiger partial charge in [-0.1, -0.05) is 30.9 Å². The van der Waals surface area contributed by atoms with Crippen molar-refractivity contribution in [1.82, 2.24) is 0 Å². The zero-order chi connectivity index (χ0) is 14.7. The van der Waals surface area contributed by atoms with Crippen LogP contribution in [0.5, 0.6) is 5.75 Å². The largest absolute Gasteiger partial charge is 0.493 e. The van der Waals surface area contributed by atoms with Crippen LogP contribution in [0.25, 0.3) is 0 Å². The summed E-state index contributed by atoms with van der Waals surface area (Å²) in [5.41, 5.74) is 8.32. The first-order valence-electron chi connectivity index (χ1n) is 8.43. The minimum atomic E-state index is 0.614. The van der Waals surface area contributed by atoms with E-state index >= 15 is 0 Å². The van der Waals surface area contributed by atoms with Gasteiger partial charge in [-0.2, -0.15) is 0 Å². The number of ether oxygens (including phenoxy) is 1. The van der Waals surface area contributed by atoms with E-state index in [2.05, 4.69) is 6.07 Å². The van der Waals surface area contributed by atoms with E-state index in [1.165, 1.54) is 56.1 Å². The van der Waals surface area contributed by atoms with Crippen LogP contribution in [-0.4, -0.2) is 13.2 Å². The third kappa shape index (κ3) is 3.92. The quantitative estimate of drug-likeness (QED) is 0.828. The Morgan fingerprint density at radius 2 is 1.86 bits per heavy atom. The molecule has 0 aromatic heterocycles. The van der Waals surface area contributed by atoms with Gasteiger partial charge in [0.25, 0.3) is 0 Å². The molecule has 2 saturated carbocycles. The minimum Gasteiger partial charge on any atom is -0.493 e. The number of hydrogen-bond donors (Lipinski definition) is 1. The smallest absolute Gasteiger partial charge is 0.126 e. The van der Waals surface area contributed by atoms with Crippen LogP contribution in [0.1, 0.15) is 62.0 Å². The molecule has 3 heteroatoms. The van der Waals surface area contributed by atoms with Crippen molar-refractivity contribution in [3.63, 3.8) is 0 Å². The molecule has 0 saturated heterocycles. The topological polar surface area (TPSA) is 35.2 Å². The van der Waals surface area contributed by atoms with Crippen LogP contribution in [0.2, 0.25) is 5.02 Å². The second-order valence-corrected chi connectivity index (χ2v) is 7.05. The molecule has 2 N–H and O–H groups in total. The van der Waals surface area contributed by atoms with Crippen LogP contribution in [0.15, 0.2) is 12.1 Å². The molecule has 1 aromatic carbocycles. The number of benzene rings is 1. The Bertz CT molecular complexity index is 478. The van der Waals surface area contributed by atoms with Crippen molar-refractivity contribution in [3.8, 4) is 5.75 Å². The Hall–Kier alpha value is -0.730. The minimum absolute atomic E-state index is 0.614. The van der Waals surface area contributed by atoms with E-state index in [0.29, 0.717) is 12.5 Å². The fraction of sp³-hybridized carbons (Fsp3) is 0.667. The number of hydrogen-bond acceptors (Lipinski definition) is 2. The summed E-state index contributed by atoms with van der Waals surface area (Å²) in [6.45, 7) is 1.50. The molecule has 116 valence electrons. The fourth-order valence-corrected chi connectivity index (χ4v) is 3.64. The van der Waals surface area contributed by atoms with E-state index in [0.717, 1.165) is 29.7 Å². The monoisotopic (exact) mass is 307 g/mol. The van der Waals surface area contributed by atoms with Crippen LogP contribution in [0, 0.1) is 5.92 Å². The number of rotatable bonds is 6. The van der Waals surface area contributed by atoms with Gasteiger partial charge in [-0.25, -0.2) is 0 Å². The second kappa shape index (κ2) is 7.02. The zero-order valence-electron chi connectivity index (χ0n) is 12.7. The van der Waals surface area contributed by atoms with Gasteiger partial charge in [0, 0.05) is 5.02 Å².